The zero-order valence-corrected chi connectivity index (χ0v) is 21.6. The number of hydrogen-bond acceptors (Lipinski definition) is 6. The van der Waals surface area contributed by atoms with Crippen LogP contribution in [0.25, 0.3) is 28.2 Å². The molecule has 0 bridgehead atoms. The monoisotopic (exact) mass is 530 g/mol. The number of halogens is 1. The molecule has 1 aliphatic heterocycles. The minimum Gasteiger partial charge on any atom is -0.458 e. The van der Waals surface area contributed by atoms with Crippen LogP contribution in [0.2, 0.25) is 5.02 Å². The van der Waals surface area contributed by atoms with Gasteiger partial charge in [-0.05, 0) is 72.2 Å². The lowest BCUT2D eigenvalue weighted by Crippen LogP contribution is -2.47. The molecular weight excluding hydrogens is 504 g/mol. The number of fused-ring (bicyclic) bond motifs is 1. The molecule has 2 aromatic heterocycles. The summed E-state index contributed by atoms with van der Waals surface area (Å²) >= 11 is 6.54. The summed E-state index contributed by atoms with van der Waals surface area (Å²) in [5.74, 6) is 0.733. The van der Waals surface area contributed by atoms with Gasteiger partial charge in [-0.3, -0.25) is 9.59 Å². The Morgan fingerprint density at radius 3 is 2.71 bits per heavy atom. The average Bonchev–Trinajstić information content (AvgIpc) is 3.35. The average molecular weight is 531 g/mol. The number of morpholine rings is 1. The number of rotatable bonds is 6. The van der Waals surface area contributed by atoms with E-state index in [4.69, 9.17) is 26.5 Å². The zero-order valence-electron chi connectivity index (χ0n) is 20.8. The van der Waals surface area contributed by atoms with Crippen molar-refractivity contribution in [1.82, 2.24) is 15.2 Å². The molecule has 38 heavy (non-hydrogen) atoms. The highest BCUT2D eigenvalue weighted by Gasteiger charge is 2.24. The van der Waals surface area contributed by atoms with Crippen molar-refractivity contribution < 1.29 is 18.7 Å². The first-order valence-corrected chi connectivity index (χ1v) is 12.6. The van der Waals surface area contributed by atoms with Crippen LogP contribution in [-0.4, -0.2) is 47.5 Å². The van der Waals surface area contributed by atoms with E-state index in [9.17, 15) is 9.59 Å². The van der Waals surface area contributed by atoms with E-state index >= 15 is 0 Å². The summed E-state index contributed by atoms with van der Waals surface area (Å²) in [7, 11) is 0. The van der Waals surface area contributed by atoms with Gasteiger partial charge >= 0.3 is 0 Å². The van der Waals surface area contributed by atoms with E-state index in [2.05, 4.69) is 10.3 Å². The van der Waals surface area contributed by atoms with Gasteiger partial charge in [0, 0.05) is 29.8 Å². The van der Waals surface area contributed by atoms with Crippen molar-refractivity contribution in [3.8, 4) is 11.1 Å². The number of carbonyl (C=O) groups is 2. The van der Waals surface area contributed by atoms with Crippen LogP contribution in [0.1, 0.15) is 28.6 Å². The van der Waals surface area contributed by atoms with E-state index in [0.717, 1.165) is 22.1 Å². The predicted octanol–water partition coefficient (Wildman–Crippen LogP) is 4.92. The fraction of sp³-hybridized carbons (Fsp3) is 0.207. The number of nitrogens with two attached hydrogens (primary N) is 1. The second kappa shape index (κ2) is 11.1. The number of hydrogen-bond donors (Lipinski definition) is 2. The fourth-order valence-electron chi connectivity index (χ4n) is 4.34. The molecule has 1 saturated heterocycles. The van der Waals surface area contributed by atoms with E-state index in [1.54, 1.807) is 24.4 Å². The van der Waals surface area contributed by atoms with Crippen molar-refractivity contribution in [2.75, 3.05) is 25.5 Å². The van der Waals surface area contributed by atoms with Gasteiger partial charge in [0.05, 0.1) is 30.8 Å². The molecule has 0 saturated carbocycles. The number of pyridine rings is 1. The molecule has 2 amide bonds. The Bertz CT molecular complexity index is 1500. The summed E-state index contributed by atoms with van der Waals surface area (Å²) in [5, 5.41) is 4.09. The van der Waals surface area contributed by atoms with Crippen LogP contribution in [0.3, 0.4) is 0 Å². The molecule has 3 N–H and O–H groups in total. The highest BCUT2D eigenvalue weighted by atomic mass is 35.5. The molecule has 9 heteroatoms. The minimum atomic E-state index is -0.268. The van der Waals surface area contributed by atoms with Crippen molar-refractivity contribution in [2.45, 2.75) is 19.5 Å². The Morgan fingerprint density at radius 1 is 1.16 bits per heavy atom. The quantitative estimate of drug-likeness (QED) is 0.342. The number of aromatic nitrogens is 1. The second-order valence-corrected chi connectivity index (χ2v) is 9.56. The topological polar surface area (TPSA) is 111 Å². The lowest BCUT2D eigenvalue weighted by molar-refractivity contribution is -0.116. The van der Waals surface area contributed by atoms with E-state index in [1.807, 2.05) is 54.3 Å². The number of carbonyl (C=O) groups excluding carboxylic acids is 2. The number of amides is 2. The number of nitrogen functional groups attached to an aromatic ring is 1. The Kier molecular flexibility index (Phi) is 7.44. The molecule has 0 radical (unpaired) electrons. The number of benzene rings is 2. The van der Waals surface area contributed by atoms with Crippen molar-refractivity contribution in [3.05, 3.63) is 88.8 Å². The first-order chi connectivity index (χ1) is 18.4. The van der Waals surface area contributed by atoms with E-state index < -0.39 is 0 Å². The van der Waals surface area contributed by atoms with Gasteiger partial charge in [0.15, 0.2) is 5.58 Å². The standard InChI is InChI=1S/C29H27ClN4O4/c1-18-17-37-11-10-34(18)29(36)21-6-4-20(5-7-21)22-12-23-13-24(38-28(23)25(30)14-22)16-33-27(35)9-3-19-2-8-26(31)32-15-19/h2-9,12-15,18H,10-11,16-17H2,1H3,(H2,31,32)(H,33,35)/t18-/m0/s1. The van der Waals surface area contributed by atoms with Crippen molar-refractivity contribution in [3.63, 3.8) is 0 Å². The van der Waals surface area contributed by atoms with E-state index in [-0.39, 0.29) is 24.4 Å². The Balaban J connectivity index is 1.26. The summed E-state index contributed by atoms with van der Waals surface area (Å²) in [6, 6.07) is 16.7. The Labute approximate surface area is 225 Å². The molecule has 2 aromatic carbocycles. The summed E-state index contributed by atoms with van der Waals surface area (Å²) in [4.78, 5) is 31.0. The molecule has 1 aliphatic rings. The van der Waals surface area contributed by atoms with E-state index in [1.165, 1.54) is 6.08 Å². The zero-order chi connectivity index (χ0) is 26.6. The molecular formula is C29H27ClN4O4. The second-order valence-electron chi connectivity index (χ2n) is 9.16. The van der Waals surface area contributed by atoms with Gasteiger partial charge in [-0.1, -0.05) is 23.7 Å². The van der Waals surface area contributed by atoms with Crippen LogP contribution in [0.4, 0.5) is 5.82 Å². The molecule has 0 aliphatic carbocycles. The predicted molar refractivity (Wildman–Crippen MR) is 148 cm³/mol. The highest BCUT2D eigenvalue weighted by Crippen LogP contribution is 2.33. The SMILES string of the molecule is C[C@H]1COCCN1C(=O)c1ccc(-c2cc(Cl)c3oc(CNC(=O)C=Cc4ccc(N)nc4)cc3c2)cc1. The Morgan fingerprint density at radius 2 is 1.97 bits per heavy atom. The number of anilines is 1. The lowest BCUT2D eigenvalue weighted by Gasteiger charge is -2.33. The van der Waals surface area contributed by atoms with Crippen LogP contribution < -0.4 is 11.1 Å². The first kappa shape index (κ1) is 25.5. The molecule has 4 aromatic rings. The summed E-state index contributed by atoms with van der Waals surface area (Å²) in [6.07, 6.45) is 4.67. The molecule has 0 unspecified atom stereocenters. The van der Waals surface area contributed by atoms with Crippen LogP contribution in [-0.2, 0) is 16.1 Å². The van der Waals surface area contributed by atoms with Crippen molar-refractivity contribution in [1.29, 1.82) is 0 Å². The smallest absolute Gasteiger partial charge is 0.254 e. The number of nitrogens with zero attached hydrogens (tertiary/aromatic N) is 2. The van der Waals surface area contributed by atoms with Crippen LogP contribution in [0, 0.1) is 0 Å². The van der Waals surface area contributed by atoms with Crippen LogP contribution in [0.15, 0.2) is 71.3 Å². The highest BCUT2D eigenvalue weighted by molar-refractivity contribution is 6.35. The molecule has 194 valence electrons. The van der Waals surface area contributed by atoms with Crippen molar-refractivity contribution >= 4 is 46.3 Å². The summed E-state index contributed by atoms with van der Waals surface area (Å²) in [6.45, 7) is 3.90. The third kappa shape index (κ3) is 5.72. The fourth-order valence-corrected chi connectivity index (χ4v) is 4.60. The third-order valence-electron chi connectivity index (χ3n) is 6.39. The minimum absolute atomic E-state index is 0.00216. The number of ether oxygens (including phenoxy) is 1. The van der Waals surface area contributed by atoms with Gasteiger partial charge in [0.2, 0.25) is 5.91 Å². The van der Waals surface area contributed by atoms with Gasteiger partial charge in [-0.25, -0.2) is 4.98 Å². The number of nitrogens with one attached hydrogen (secondary N) is 1. The third-order valence-corrected chi connectivity index (χ3v) is 6.67. The van der Waals surface area contributed by atoms with Crippen LogP contribution >= 0.6 is 11.6 Å². The maximum absolute atomic E-state index is 12.9. The molecule has 5 rings (SSSR count). The number of furan rings is 1. The van der Waals surface area contributed by atoms with E-state index in [0.29, 0.717) is 47.5 Å². The molecule has 3 heterocycles. The summed E-state index contributed by atoms with van der Waals surface area (Å²) in [5.41, 5.74) is 9.36. The summed E-state index contributed by atoms with van der Waals surface area (Å²) < 4.78 is 11.3. The Hall–Kier alpha value is -4.14. The largest absolute Gasteiger partial charge is 0.458 e. The maximum atomic E-state index is 12.9. The molecule has 1 atom stereocenters. The van der Waals surface area contributed by atoms with Gasteiger partial charge in [-0.2, -0.15) is 0 Å². The molecule has 1 fully saturated rings. The lowest BCUT2D eigenvalue weighted by atomic mass is 10.0. The first-order valence-electron chi connectivity index (χ1n) is 12.3. The molecule has 0 spiro atoms. The maximum Gasteiger partial charge on any atom is 0.254 e. The van der Waals surface area contributed by atoms with Gasteiger partial charge in [0.25, 0.3) is 5.91 Å². The van der Waals surface area contributed by atoms with Crippen LogP contribution in [0.5, 0.6) is 0 Å². The normalized spacial score (nSPS) is 15.7. The van der Waals surface area contributed by atoms with Crippen molar-refractivity contribution in [2.24, 2.45) is 0 Å². The van der Waals surface area contributed by atoms with Gasteiger partial charge in [-0.15, -0.1) is 0 Å². The molecule has 8 nitrogen and oxygen atoms in total. The van der Waals surface area contributed by atoms with Gasteiger partial charge < -0.3 is 25.1 Å². The van der Waals surface area contributed by atoms with Gasteiger partial charge in [0.1, 0.15) is 11.6 Å².